The van der Waals surface area contributed by atoms with Crippen molar-refractivity contribution in [1.29, 1.82) is 0 Å². The predicted octanol–water partition coefficient (Wildman–Crippen LogP) is 3.71. The van der Waals surface area contributed by atoms with Crippen LogP contribution in [0.5, 0.6) is 5.75 Å². The lowest BCUT2D eigenvalue weighted by Gasteiger charge is -2.24. The van der Waals surface area contributed by atoms with Gasteiger partial charge in [-0.3, -0.25) is 15.0 Å². The minimum absolute atomic E-state index is 0.0321. The van der Waals surface area contributed by atoms with E-state index in [-0.39, 0.29) is 22.1 Å². The van der Waals surface area contributed by atoms with Crippen molar-refractivity contribution >= 4 is 40.7 Å². The largest absolute Gasteiger partial charge is 0.478 e. The maximum Gasteiger partial charge on any atom is 0.347 e. The molecule has 2 aromatic carbocycles. The summed E-state index contributed by atoms with van der Waals surface area (Å²) in [6, 6.07) is 8.66. The summed E-state index contributed by atoms with van der Waals surface area (Å²) in [5.74, 6) is -0.867. The van der Waals surface area contributed by atoms with Crippen molar-refractivity contribution < 1.29 is 24.4 Å². The lowest BCUT2D eigenvalue weighted by Crippen LogP contribution is -2.37. The number of hydrogen-bond acceptors (Lipinski definition) is 5. The van der Waals surface area contributed by atoms with Gasteiger partial charge in [0.25, 0.3) is 5.69 Å². The number of nitro benzene ring substituents is 1. The standard InChI is InChI=1S/C17H16ClN3O6/c1-17(2,15(22)23)27-12-6-3-10(4-7-12)20(16(19)24)14-8-5-11(21(25)26)9-13(14)18/h3-9H,1-2H3,(H2,19,24)(H,22,23). The molecule has 10 heteroatoms. The molecule has 0 fully saturated rings. The maximum atomic E-state index is 11.9. The first-order valence-electron chi connectivity index (χ1n) is 7.59. The molecule has 0 aliphatic carbocycles. The van der Waals surface area contributed by atoms with Crippen LogP contribution in [-0.4, -0.2) is 27.6 Å². The first kappa shape index (κ1) is 20.0. The fourth-order valence-electron chi connectivity index (χ4n) is 2.18. The Labute approximate surface area is 159 Å². The summed E-state index contributed by atoms with van der Waals surface area (Å²) >= 11 is 6.07. The molecule has 27 heavy (non-hydrogen) atoms. The highest BCUT2D eigenvalue weighted by molar-refractivity contribution is 6.34. The van der Waals surface area contributed by atoms with Crippen LogP contribution in [0.4, 0.5) is 21.9 Å². The number of aliphatic carboxylic acids is 1. The Morgan fingerprint density at radius 3 is 2.26 bits per heavy atom. The number of non-ortho nitro benzene ring substituents is 1. The number of halogens is 1. The molecule has 0 saturated carbocycles. The Bertz CT molecular complexity index is 898. The number of benzene rings is 2. The molecule has 0 heterocycles. The van der Waals surface area contributed by atoms with Crippen LogP contribution in [0.25, 0.3) is 0 Å². The third kappa shape index (κ3) is 4.45. The Hall–Kier alpha value is -3.33. The second kappa shape index (κ2) is 7.50. The van der Waals surface area contributed by atoms with Crippen molar-refractivity contribution in [2.75, 3.05) is 4.90 Å². The number of hydrogen-bond donors (Lipinski definition) is 2. The van der Waals surface area contributed by atoms with Crippen LogP contribution >= 0.6 is 11.6 Å². The van der Waals surface area contributed by atoms with Gasteiger partial charge in [-0.15, -0.1) is 0 Å². The lowest BCUT2D eigenvalue weighted by molar-refractivity contribution is -0.384. The summed E-state index contributed by atoms with van der Waals surface area (Å²) in [6.07, 6.45) is 0. The normalized spacial score (nSPS) is 10.9. The molecule has 2 aromatic rings. The van der Waals surface area contributed by atoms with E-state index in [0.29, 0.717) is 5.69 Å². The molecule has 0 atom stereocenters. The zero-order valence-electron chi connectivity index (χ0n) is 14.4. The van der Waals surface area contributed by atoms with E-state index < -0.39 is 22.5 Å². The Kier molecular flexibility index (Phi) is 5.55. The number of primary amides is 1. The first-order valence-corrected chi connectivity index (χ1v) is 7.96. The fraction of sp³-hybridized carbons (Fsp3) is 0.176. The van der Waals surface area contributed by atoms with Gasteiger partial charge in [-0.2, -0.15) is 0 Å². The summed E-state index contributed by atoms with van der Waals surface area (Å²) in [7, 11) is 0. The van der Waals surface area contributed by atoms with E-state index in [9.17, 15) is 19.7 Å². The number of nitrogens with zero attached hydrogens (tertiary/aromatic N) is 2. The monoisotopic (exact) mass is 393 g/mol. The second-order valence-corrected chi connectivity index (χ2v) is 6.39. The van der Waals surface area contributed by atoms with Crippen LogP contribution in [0, 0.1) is 10.1 Å². The molecule has 0 aromatic heterocycles. The van der Waals surface area contributed by atoms with Crippen LogP contribution in [0.2, 0.25) is 5.02 Å². The van der Waals surface area contributed by atoms with Gasteiger partial charge in [0.05, 0.1) is 21.3 Å². The molecule has 0 radical (unpaired) electrons. The minimum Gasteiger partial charge on any atom is -0.478 e. The average Bonchev–Trinajstić information content (AvgIpc) is 2.57. The summed E-state index contributed by atoms with van der Waals surface area (Å²) in [5, 5.41) is 19.9. The third-order valence-corrected chi connectivity index (χ3v) is 3.89. The summed E-state index contributed by atoms with van der Waals surface area (Å²) in [5.41, 5.74) is 4.25. The van der Waals surface area contributed by atoms with Crippen LogP contribution in [-0.2, 0) is 4.79 Å². The summed E-state index contributed by atoms with van der Waals surface area (Å²) in [4.78, 5) is 34.3. The van der Waals surface area contributed by atoms with Crippen molar-refractivity contribution in [2.45, 2.75) is 19.4 Å². The number of anilines is 2. The number of urea groups is 1. The Morgan fingerprint density at radius 1 is 1.22 bits per heavy atom. The highest BCUT2D eigenvalue weighted by atomic mass is 35.5. The van der Waals surface area contributed by atoms with Crippen LogP contribution in [0.1, 0.15) is 13.8 Å². The molecule has 3 N–H and O–H groups in total. The highest BCUT2D eigenvalue weighted by Crippen LogP contribution is 2.35. The number of carbonyl (C=O) groups is 2. The van der Waals surface area contributed by atoms with Crippen molar-refractivity contribution in [3.8, 4) is 5.75 Å². The van der Waals surface area contributed by atoms with Crippen molar-refractivity contribution in [3.05, 3.63) is 57.6 Å². The third-order valence-electron chi connectivity index (χ3n) is 3.59. The molecule has 9 nitrogen and oxygen atoms in total. The average molecular weight is 394 g/mol. The number of carboxylic acids is 1. The van der Waals surface area contributed by atoms with Gasteiger partial charge in [0.2, 0.25) is 0 Å². The van der Waals surface area contributed by atoms with Gasteiger partial charge in [0, 0.05) is 12.1 Å². The van der Waals surface area contributed by atoms with Gasteiger partial charge in [0.1, 0.15) is 5.75 Å². The van der Waals surface area contributed by atoms with Gasteiger partial charge in [-0.25, -0.2) is 9.59 Å². The number of nitrogens with two attached hydrogens (primary N) is 1. The van der Waals surface area contributed by atoms with E-state index in [1.165, 1.54) is 50.2 Å². The molecule has 0 bridgehead atoms. The molecule has 0 aliphatic heterocycles. The number of carbonyl (C=O) groups excluding carboxylic acids is 1. The SMILES string of the molecule is CC(C)(Oc1ccc(N(C(N)=O)c2ccc([N+](=O)[O-])cc2Cl)cc1)C(=O)O. The van der Waals surface area contributed by atoms with E-state index in [0.717, 1.165) is 11.0 Å². The second-order valence-electron chi connectivity index (χ2n) is 5.98. The molecule has 142 valence electrons. The van der Waals surface area contributed by atoms with Gasteiger partial charge < -0.3 is 15.6 Å². The molecule has 0 spiro atoms. The van der Waals surface area contributed by atoms with Crippen LogP contribution in [0.15, 0.2) is 42.5 Å². The lowest BCUT2D eigenvalue weighted by atomic mass is 10.1. The number of nitro groups is 1. The first-order chi connectivity index (χ1) is 12.5. The smallest absolute Gasteiger partial charge is 0.347 e. The van der Waals surface area contributed by atoms with Gasteiger partial charge in [-0.05, 0) is 44.2 Å². The molecule has 0 unspecified atom stereocenters. The molecule has 0 saturated heterocycles. The number of rotatable bonds is 6. The number of ether oxygens (including phenoxy) is 1. The quantitative estimate of drug-likeness (QED) is 0.567. The predicted molar refractivity (Wildman–Crippen MR) is 98.6 cm³/mol. The van der Waals surface area contributed by atoms with Crippen LogP contribution < -0.4 is 15.4 Å². The van der Waals surface area contributed by atoms with E-state index in [2.05, 4.69) is 0 Å². The zero-order valence-corrected chi connectivity index (χ0v) is 15.1. The van der Waals surface area contributed by atoms with E-state index in [1.807, 2.05) is 0 Å². The number of carboxylic acid groups (broad SMARTS) is 1. The molecule has 2 amide bonds. The summed E-state index contributed by atoms with van der Waals surface area (Å²) < 4.78 is 5.39. The van der Waals surface area contributed by atoms with Crippen molar-refractivity contribution in [1.82, 2.24) is 0 Å². The molecule has 0 aliphatic rings. The van der Waals surface area contributed by atoms with Gasteiger partial charge >= 0.3 is 12.0 Å². The van der Waals surface area contributed by atoms with E-state index >= 15 is 0 Å². The topological polar surface area (TPSA) is 136 Å². The Morgan fingerprint density at radius 2 is 1.81 bits per heavy atom. The Balaban J connectivity index is 2.37. The van der Waals surface area contributed by atoms with Crippen molar-refractivity contribution in [2.24, 2.45) is 5.73 Å². The highest BCUT2D eigenvalue weighted by Gasteiger charge is 2.29. The van der Waals surface area contributed by atoms with E-state index in [4.69, 9.17) is 27.2 Å². The van der Waals surface area contributed by atoms with Crippen LogP contribution in [0.3, 0.4) is 0 Å². The van der Waals surface area contributed by atoms with E-state index in [1.54, 1.807) is 0 Å². The molecular formula is C17H16ClN3O6. The zero-order chi connectivity index (χ0) is 20.4. The van der Waals surface area contributed by atoms with Crippen molar-refractivity contribution in [3.63, 3.8) is 0 Å². The summed E-state index contributed by atoms with van der Waals surface area (Å²) in [6.45, 7) is 2.80. The van der Waals surface area contributed by atoms with Gasteiger partial charge in [0.15, 0.2) is 5.60 Å². The molecular weight excluding hydrogens is 378 g/mol. The number of amides is 2. The molecule has 2 rings (SSSR count). The minimum atomic E-state index is -1.44. The fourth-order valence-corrected chi connectivity index (χ4v) is 2.44. The van der Waals surface area contributed by atoms with Gasteiger partial charge in [-0.1, -0.05) is 11.6 Å². The maximum absolute atomic E-state index is 11.9.